The number of likely N-dealkylation sites (N-methyl/N-ethyl adjacent to an activating group) is 1. The van der Waals surface area contributed by atoms with Gasteiger partial charge in [-0.15, -0.1) is 0 Å². The summed E-state index contributed by atoms with van der Waals surface area (Å²) >= 11 is 5.06. The van der Waals surface area contributed by atoms with Crippen LogP contribution < -0.4 is 5.73 Å². The number of nitrogens with two attached hydrogens (primary N) is 1. The lowest BCUT2D eigenvalue weighted by molar-refractivity contribution is -0.0269. The van der Waals surface area contributed by atoms with E-state index in [0.29, 0.717) is 4.99 Å². The van der Waals surface area contributed by atoms with E-state index in [1.54, 1.807) is 0 Å². The molecule has 1 aliphatic rings. The molecular weight excluding hydrogens is 270 g/mol. The number of rotatable bonds is 3. The first-order valence-electron chi connectivity index (χ1n) is 6.82. The van der Waals surface area contributed by atoms with E-state index in [9.17, 15) is 0 Å². The van der Waals surface area contributed by atoms with Gasteiger partial charge in [0.05, 0.1) is 19.3 Å². The summed E-state index contributed by atoms with van der Waals surface area (Å²) in [5.41, 5.74) is 7.79. The number of ether oxygens (including phenoxy) is 1. The monoisotopic (exact) mass is 289 g/mol. The minimum atomic E-state index is 0.234. The molecule has 1 aliphatic heterocycles. The molecule has 4 nitrogen and oxygen atoms in total. The number of benzene rings is 1. The zero-order valence-corrected chi connectivity index (χ0v) is 12.4. The fraction of sp³-hybridized carbons (Fsp3) is 0.400. The van der Waals surface area contributed by atoms with Gasteiger partial charge < -0.3 is 19.9 Å². The number of hydrogen-bond donors (Lipinski definition) is 1. The molecule has 2 aromatic rings. The highest BCUT2D eigenvalue weighted by Gasteiger charge is 2.18. The van der Waals surface area contributed by atoms with Gasteiger partial charge in [-0.05, 0) is 24.6 Å². The fourth-order valence-corrected chi connectivity index (χ4v) is 2.82. The molecular formula is C15H19N3OS. The molecule has 0 spiro atoms. The molecule has 1 aromatic heterocycles. The second-order valence-electron chi connectivity index (χ2n) is 5.36. The van der Waals surface area contributed by atoms with E-state index in [1.165, 1.54) is 5.39 Å². The standard InChI is InChI=1S/C15H19N3OS/c1-17-6-7-19-13(9-17)10-18-5-4-11-2-3-12(15(16)20)8-14(11)18/h2-5,8,13H,6-7,9-10H2,1H3,(H2,16,20). The quantitative estimate of drug-likeness (QED) is 0.872. The van der Waals surface area contributed by atoms with Crippen molar-refractivity contribution in [2.45, 2.75) is 12.6 Å². The van der Waals surface area contributed by atoms with Crippen molar-refractivity contribution in [2.24, 2.45) is 5.73 Å². The van der Waals surface area contributed by atoms with Crippen molar-refractivity contribution in [3.05, 3.63) is 36.0 Å². The molecule has 0 aliphatic carbocycles. The van der Waals surface area contributed by atoms with Gasteiger partial charge in [0.25, 0.3) is 0 Å². The molecule has 0 saturated carbocycles. The van der Waals surface area contributed by atoms with E-state index in [4.69, 9.17) is 22.7 Å². The average molecular weight is 289 g/mol. The van der Waals surface area contributed by atoms with Crippen LogP contribution in [0.5, 0.6) is 0 Å². The second kappa shape index (κ2) is 5.52. The van der Waals surface area contributed by atoms with Crippen LogP contribution in [0.15, 0.2) is 30.5 Å². The molecule has 1 aromatic carbocycles. The highest BCUT2D eigenvalue weighted by atomic mass is 32.1. The summed E-state index contributed by atoms with van der Waals surface area (Å²) in [5, 5.41) is 1.20. The lowest BCUT2D eigenvalue weighted by atomic mass is 10.1. The number of nitrogens with zero attached hydrogens (tertiary/aromatic N) is 2. The van der Waals surface area contributed by atoms with E-state index in [0.717, 1.165) is 37.3 Å². The molecule has 5 heteroatoms. The highest BCUT2D eigenvalue weighted by Crippen LogP contribution is 2.19. The minimum Gasteiger partial charge on any atom is -0.389 e. The third-order valence-corrected chi connectivity index (χ3v) is 4.04. The second-order valence-corrected chi connectivity index (χ2v) is 5.80. The third-order valence-electron chi connectivity index (χ3n) is 3.80. The summed E-state index contributed by atoms with van der Waals surface area (Å²) in [6.07, 6.45) is 2.34. The normalized spacial score (nSPS) is 20.4. The number of morpholine rings is 1. The summed E-state index contributed by atoms with van der Waals surface area (Å²) < 4.78 is 8.06. The molecule has 0 radical (unpaired) electrons. The van der Waals surface area contributed by atoms with Gasteiger partial charge in [-0.3, -0.25) is 0 Å². The smallest absolute Gasteiger partial charge is 0.104 e. The van der Waals surface area contributed by atoms with Crippen LogP contribution >= 0.6 is 12.2 Å². The van der Waals surface area contributed by atoms with E-state index >= 15 is 0 Å². The van der Waals surface area contributed by atoms with Crippen LogP contribution in [0, 0.1) is 0 Å². The lowest BCUT2D eigenvalue weighted by Crippen LogP contribution is -2.41. The lowest BCUT2D eigenvalue weighted by Gasteiger charge is -2.30. The molecule has 20 heavy (non-hydrogen) atoms. The zero-order chi connectivity index (χ0) is 14.1. The summed E-state index contributed by atoms with van der Waals surface area (Å²) in [4.78, 5) is 2.74. The maximum Gasteiger partial charge on any atom is 0.104 e. The minimum absolute atomic E-state index is 0.234. The first-order valence-corrected chi connectivity index (χ1v) is 7.23. The molecule has 106 valence electrons. The predicted octanol–water partition coefficient (Wildman–Crippen LogP) is 1.61. The van der Waals surface area contributed by atoms with Gasteiger partial charge >= 0.3 is 0 Å². The van der Waals surface area contributed by atoms with Crippen molar-refractivity contribution in [2.75, 3.05) is 26.7 Å². The van der Waals surface area contributed by atoms with Crippen molar-refractivity contribution >= 4 is 28.1 Å². The molecule has 1 saturated heterocycles. The maximum absolute atomic E-state index is 5.84. The van der Waals surface area contributed by atoms with Crippen LogP contribution in [0.2, 0.25) is 0 Å². The van der Waals surface area contributed by atoms with Crippen LogP contribution in [0.25, 0.3) is 10.9 Å². The SMILES string of the molecule is CN1CCOC(Cn2ccc3ccc(C(N)=S)cc32)C1. The van der Waals surface area contributed by atoms with Gasteiger partial charge in [-0.2, -0.15) is 0 Å². The largest absolute Gasteiger partial charge is 0.389 e. The molecule has 2 N–H and O–H groups in total. The zero-order valence-electron chi connectivity index (χ0n) is 11.6. The summed E-state index contributed by atoms with van der Waals surface area (Å²) in [7, 11) is 2.13. The Morgan fingerprint density at radius 1 is 1.45 bits per heavy atom. The Kier molecular flexibility index (Phi) is 3.74. The van der Waals surface area contributed by atoms with Crippen molar-refractivity contribution in [1.29, 1.82) is 0 Å². The van der Waals surface area contributed by atoms with Gasteiger partial charge in [0.1, 0.15) is 4.99 Å². The Morgan fingerprint density at radius 3 is 3.05 bits per heavy atom. The molecule has 1 atom stereocenters. The molecule has 0 amide bonds. The van der Waals surface area contributed by atoms with E-state index in [2.05, 4.69) is 40.9 Å². The molecule has 1 fully saturated rings. The van der Waals surface area contributed by atoms with Crippen molar-refractivity contribution in [3.63, 3.8) is 0 Å². The van der Waals surface area contributed by atoms with E-state index in [1.807, 2.05) is 6.07 Å². The Hall–Kier alpha value is -1.43. The number of thiocarbonyl (C=S) groups is 1. The highest BCUT2D eigenvalue weighted by molar-refractivity contribution is 7.80. The predicted molar refractivity (Wildman–Crippen MR) is 85.1 cm³/mol. The maximum atomic E-state index is 5.84. The Morgan fingerprint density at radius 2 is 2.30 bits per heavy atom. The first kappa shape index (κ1) is 13.5. The van der Waals surface area contributed by atoms with Crippen LogP contribution in [-0.2, 0) is 11.3 Å². The summed E-state index contributed by atoms with van der Waals surface area (Å²) in [5.74, 6) is 0. The average Bonchev–Trinajstić information content (AvgIpc) is 2.81. The summed E-state index contributed by atoms with van der Waals surface area (Å²) in [6.45, 7) is 3.64. The van der Waals surface area contributed by atoms with Gasteiger partial charge in [-0.1, -0.05) is 24.4 Å². The van der Waals surface area contributed by atoms with Crippen LogP contribution in [0.3, 0.4) is 0 Å². The topological polar surface area (TPSA) is 43.4 Å². The first-order chi connectivity index (χ1) is 9.63. The van der Waals surface area contributed by atoms with E-state index in [-0.39, 0.29) is 6.10 Å². The van der Waals surface area contributed by atoms with Crippen molar-refractivity contribution < 1.29 is 4.74 Å². The van der Waals surface area contributed by atoms with Gasteiger partial charge in [0.2, 0.25) is 0 Å². The van der Waals surface area contributed by atoms with Crippen molar-refractivity contribution in [3.8, 4) is 0 Å². The van der Waals surface area contributed by atoms with Crippen LogP contribution in [0.4, 0.5) is 0 Å². The van der Waals surface area contributed by atoms with E-state index < -0.39 is 0 Å². The fourth-order valence-electron chi connectivity index (χ4n) is 2.69. The van der Waals surface area contributed by atoms with Crippen LogP contribution in [0.1, 0.15) is 5.56 Å². The Labute approximate surface area is 124 Å². The molecule has 1 unspecified atom stereocenters. The van der Waals surface area contributed by atoms with Gasteiger partial charge in [0, 0.05) is 30.4 Å². The number of fused-ring (bicyclic) bond motifs is 1. The van der Waals surface area contributed by atoms with Crippen molar-refractivity contribution in [1.82, 2.24) is 9.47 Å². The summed E-state index contributed by atoms with van der Waals surface area (Å²) in [6, 6.07) is 8.21. The number of aromatic nitrogens is 1. The molecule has 3 rings (SSSR count). The van der Waals surface area contributed by atoms with Crippen LogP contribution in [-0.4, -0.2) is 47.3 Å². The Balaban J connectivity index is 1.87. The molecule has 0 bridgehead atoms. The third kappa shape index (κ3) is 2.70. The molecule has 2 heterocycles. The van der Waals surface area contributed by atoms with Gasteiger partial charge in [-0.25, -0.2) is 0 Å². The Bertz CT molecular complexity index is 637. The number of hydrogen-bond acceptors (Lipinski definition) is 3. The van der Waals surface area contributed by atoms with Gasteiger partial charge in [0.15, 0.2) is 0 Å².